The molecule has 1 N–H and O–H groups in total. The van der Waals surface area contributed by atoms with Crippen LogP contribution in [0.5, 0.6) is 11.5 Å². The molecule has 2 aromatic rings. The highest BCUT2D eigenvalue weighted by Crippen LogP contribution is 2.32. The number of hydrogen-bond acceptors (Lipinski definition) is 3. The molecule has 0 amide bonds. The number of rotatable bonds is 6. The van der Waals surface area contributed by atoms with Crippen molar-refractivity contribution in [1.82, 2.24) is 0 Å². The Balaban J connectivity index is 2.38. The van der Waals surface area contributed by atoms with Gasteiger partial charge in [0.2, 0.25) is 0 Å². The van der Waals surface area contributed by atoms with E-state index in [1.165, 1.54) is 7.11 Å². The fraction of sp³-hybridized carbons (Fsp3) is 0.235. The Hall–Kier alpha value is -2.20. The third-order valence-electron chi connectivity index (χ3n) is 3.44. The van der Waals surface area contributed by atoms with Gasteiger partial charge >= 0.3 is 5.97 Å². The molecular formula is C17H17ClO4. The van der Waals surface area contributed by atoms with Crippen molar-refractivity contribution in [3.63, 3.8) is 0 Å². The molecule has 2 rings (SSSR count). The van der Waals surface area contributed by atoms with Crippen molar-refractivity contribution in [3.8, 4) is 11.5 Å². The lowest BCUT2D eigenvalue weighted by atomic mass is 9.91. The lowest BCUT2D eigenvalue weighted by Crippen LogP contribution is -2.15. The molecule has 2 aromatic carbocycles. The Morgan fingerprint density at radius 1 is 1.18 bits per heavy atom. The van der Waals surface area contributed by atoms with Crippen molar-refractivity contribution in [2.24, 2.45) is 0 Å². The lowest BCUT2D eigenvalue weighted by molar-refractivity contribution is -0.138. The van der Waals surface area contributed by atoms with Gasteiger partial charge in [0.05, 0.1) is 20.1 Å². The van der Waals surface area contributed by atoms with Gasteiger partial charge in [-0.25, -0.2) is 0 Å². The first-order valence-corrected chi connectivity index (χ1v) is 7.12. The number of halogens is 1. The predicted molar refractivity (Wildman–Crippen MR) is 85.1 cm³/mol. The maximum Gasteiger partial charge on any atom is 0.311 e. The van der Waals surface area contributed by atoms with Crippen LogP contribution < -0.4 is 9.47 Å². The smallest absolute Gasteiger partial charge is 0.311 e. The summed E-state index contributed by atoms with van der Waals surface area (Å²) in [6.45, 7) is 0. The SMILES string of the molecule is COc1cccc(CC(C(=O)O)c2cc(Cl)ccc2OC)c1. The molecule has 22 heavy (non-hydrogen) atoms. The van der Waals surface area contributed by atoms with Gasteiger partial charge in [0.15, 0.2) is 0 Å². The number of carboxylic acid groups (broad SMARTS) is 1. The Morgan fingerprint density at radius 2 is 1.95 bits per heavy atom. The first kappa shape index (κ1) is 16.2. The summed E-state index contributed by atoms with van der Waals surface area (Å²) in [7, 11) is 3.09. The maximum absolute atomic E-state index is 11.7. The zero-order chi connectivity index (χ0) is 16.1. The Kier molecular flexibility index (Phi) is 5.28. The number of carbonyl (C=O) groups is 1. The molecule has 4 nitrogen and oxygen atoms in total. The Bertz CT molecular complexity index is 669. The second-order valence-electron chi connectivity index (χ2n) is 4.83. The molecule has 0 heterocycles. The van der Waals surface area contributed by atoms with E-state index < -0.39 is 11.9 Å². The Labute approximate surface area is 134 Å². The highest BCUT2D eigenvalue weighted by atomic mass is 35.5. The van der Waals surface area contributed by atoms with Crippen molar-refractivity contribution in [3.05, 3.63) is 58.6 Å². The van der Waals surface area contributed by atoms with Crippen LogP contribution in [-0.4, -0.2) is 25.3 Å². The van der Waals surface area contributed by atoms with Crippen LogP contribution >= 0.6 is 11.6 Å². The third-order valence-corrected chi connectivity index (χ3v) is 3.67. The first-order valence-electron chi connectivity index (χ1n) is 6.74. The van der Waals surface area contributed by atoms with E-state index in [0.717, 1.165) is 5.56 Å². The molecule has 0 radical (unpaired) electrons. The number of ether oxygens (including phenoxy) is 2. The molecule has 0 aromatic heterocycles. The van der Waals surface area contributed by atoms with E-state index in [1.807, 2.05) is 24.3 Å². The van der Waals surface area contributed by atoms with Crippen LogP contribution in [0, 0.1) is 0 Å². The molecule has 1 atom stereocenters. The van der Waals surface area contributed by atoms with Gasteiger partial charge in [-0.15, -0.1) is 0 Å². The number of aliphatic carboxylic acids is 1. The fourth-order valence-electron chi connectivity index (χ4n) is 2.34. The molecular weight excluding hydrogens is 304 g/mol. The summed E-state index contributed by atoms with van der Waals surface area (Å²) in [6, 6.07) is 12.3. The van der Waals surface area contributed by atoms with E-state index in [0.29, 0.717) is 28.5 Å². The first-order chi connectivity index (χ1) is 10.5. The van der Waals surface area contributed by atoms with Gasteiger partial charge < -0.3 is 14.6 Å². The highest BCUT2D eigenvalue weighted by Gasteiger charge is 2.24. The Morgan fingerprint density at radius 3 is 2.59 bits per heavy atom. The van der Waals surface area contributed by atoms with Crippen LogP contribution in [0.15, 0.2) is 42.5 Å². The summed E-state index contributed by atoms with van der Waals surface area (Å²) in [4.78, 5) is 11.7. The van der Waals surface area contributed by atoms with Crippen LogP contribution in [0.1, 0.15) is 17.0 Å². The molecule has 0 saturated carbocycles. The van der Waals surface area contributed by atoms with Crippen molar-refractivity contribution in [1.29, 1.82) is 0 Å². The van der Waals surface area contributed by atoms with Gasteiger partial charge in [-0.2, -0.15) is 0 Å². The van der Waals surface area contributed by atoms with Crippen LogP contribution in [0.4, 0.5) is 0 Å². The van der Waals surface area contributed by atoms with Gasteiger partial charge in [0.1, 0.15) is 11.5 Å². The van der Waals surface area contributed by atoms with Gasteiger partial charge in [0.25, 0.3) is 0 Å². The van der Waals surface area contributed by atoms with Crippen molar-refractivity contribution >= 4 is 17.6 Å². The van der Waals surface area contributed by atoms with Gasteiger partial charge in [-0.1, -0.05) is 23.7 Å². The molecule has 0 saturated heterocycles. The molecule has 0 spiro atoms. The summed E-state index contributed by atoms with van der Waals surface area (Å²) in [6.07, 6.45) is 0.323. The van der Waals surface area contributed by atoms with Crippen LogP contribution in [0.25, 0.3) is 0 Å². The lowest BCUT2D eigenvalue weighted by Gasteiger charge is -2.17. The standard InChI is InChI=1S/C17H17ClO4/c1-21-13-5-3-4-11(8-13)9-15(17(19)20)14-10-12(18)6-7-16(14)22-2/h3-8,10,15H,9H2,1-2H3,(H,19,20). The van der Waals surface area contributed by atoms with Crippen LogP contribution in [0.3, 0.4) is 0 Å². The molecule has 0 aliphatic carbocycles. The molecule has 0 fully saturated rings. The van der Waals surface area contributed by atoms with Crippen molar-refractivity contribution < 1.29 is 19.4 Å². The number of carboxylic acids is 1. The van der Waals surface area contributed by atoms with Crippen LogP contribution in [0.2, 0.25) is 5.02 Å². The van der Waals surface area contributed by atoms with Crippen LogP contribution in [-0.2, 0) is 11.2 Å². The zero-order valence-corrected chi connectivity index (χ0v) is 13.1. The van der Waals surface area contributed by atoms with Gasteiger partial charge in [-0.05, 0) is 42.3 Å². The fourth-order valence-corrected chi connectivity index (χ4v) is 2.52. The van der Waals surface area contributed by atoms with E-state index in [4.69, 9.17) is 21.1 Å². The summed E-state index contributed by atoms with van der Waals surface area (Å²) in [5.41, 5.74) is 1.43. The average Bonchev–Trinajstić information content (AvgIpc) is 2.52. The summed E-state index contributed by atoms with van der Waals surface area (Å²) in [5, 5.41) is 10.1. The second-order valence-corrected chi connectivity index (χ2v) is 5.27. The molecule has 0 aliphatic heterocycles. The van der Waals surface area contributed by atoms with Crippen molar-refractivity contribution in [2.75, 3.05) is 14.2 Å². The third kappa shape index (κ3) is 3.71. The van der Waals surface area contributed by atoms with Gasteiger partial charge in [0, 0.05) is 10.6 Å². The predicted octanol–water partition coefficient (Wildman–Crippen LogP) is 3.77. The minimum Gasteiger partial charge on any atom is -0.497 e. The normalized spacial score (nSPS) is 11.8. The molecule has 116 valence electrons. The minimum absolute atomic E-state index is 0.323. The maximum atomic E-state index is 11.7. The summed E-state index contributed by atoms with van der Waals surface area (Å²) < 4.78 is 10.4. The van der Waals surface area contributed by atoms with E-state index in [-0.39, 0.29) is 0 Å². The largest absolute Gasteiger partial charge is 0.497 e. The summed E-state index contributed by atoms with van der Waals surface area (Å²) >= 11 is 6.00. The number of methoxy groups -OCH3 is 2. The van der Waals surface area contributed by atoms with Crippen molar-refractivity contribution in [2.45, 2.75) is 12.3 Å². The molecule has 0 aliphatic rings. The summed E-state index contributed by atoms with van der Waals surface area (Å²) in [5.74, 6) is -0.469. The quantitative estimate of drug-likeness (QED) is 0.880. The molecule has 1 unspecified atom stereocenters. The van der Waals surface area contributed by atoms with E-state index in [1.54, 1.807) is 25.3 Å². The zero-order valence-electron chi connectivity index (χ0n) is 12.4. The van der Waals surface area contributed by atoms with E-state index in [2.05, 4.69) is 0 Å². The highest BCUT2D eigenvalue weighted by molar-refractivity contribution is 6.30. The van der Waals surface area contributed by atoms with Gasteiger partial charge in [-0.3, -0.25) is 4.79 Å². The molecule has 5 heteroatoms. The minimum atomic E-state index is -0.927. The number of hydrogen-bond donors (Lipinski definition) is 1. The topological polar surface area (TPSA) is 55.8 Å². The molecule has 0 bridgehead atoms. The van der Waals surface area contributed by atoms with E-state index in [9.17, 15) is 9.90 Å². The van der Waals surface area contributed by atoms with E-state index >= 15 is 0 Å². The average molecular weight is 321 g/mol. The second kappa shape index (κ2) is 7.18. The monoisotopic (exact) mass is 320 g/mol. The number of benzene rings is 2.